The van der Waals surface area contributed by atoms with Crippen LogP contribution < -0.4 is 5.32 Å². The van der Waals surface area contributed by atoms with E-state index in [0.717, 1.165) is 13.0 Å². The van der Waals surface area contributed by atoms with Crippen LogP contribution in [0.4, 0.5) is 4.39 Å². The summed E-state index contributed by atoms with van der Waals surface area (Å²) in [4.78, 5) is 0. The number of hydrogen-bond acceptors (Lipinski definition) is 1. The Hall–Kier alpha value is -0.890. The summed E-state index contributed by atoms with van der Waals surface area (Å²) in [5.41, 5.74) is 1.72. The topological polar surface area (TPSA) is 12.0 Å². The van der Waals surface area contributed by atoms with E-state index >= 15 is 0 Å². The summed E-state index contributed by atoms with van der Waals surface area (Å²) in [5.74, 6) is -0.156. The van der Waals surface area contributed by atoms with E-state index in [9.17, 15) is 4.39 Å². The summed E-state index contributed by atoms with van der Waals surface area (Å²) in [7, 11) is 0. The number of benzene rings is 1. The number of hydrogen-bond donors (Lipinski definition) is 1. The van der Waals surface area contributed by atoms with E-state index in [1.807, 2.05) is 12.1 Å². The second-order valence-corrected chi connectivity index (χ2v) is 5.78. The van der Waals surface area contributed by atoms with Crippen molar-refractivity contribution in [1.29, 1.82) is 0 Å². The van der Waals surface area contributed by atoms with Crippen molar-refractivity contribution < 1.29 is 4.39 Å². The lowest BCUT2D eigenvalue weighted by atomic mass is 9.70. The summed E-state index contributed by atoms with van der Waals surface area (Å²) in [6.45, 7) is 5.66. The highest BCUT2D eigenvalue weighted by Crippen LogP contribution is 2.39. The zero-order valence-electron chi connectivity index (χ0n) is 10.8. The number of halogens is 1. The molecule has 1 fully saturated rings. The lowest BCUT2D eigenvalue weighted by Crippen LogP contribution is -2.41. The van der Waals surface area contributed by atoms with Crippen LogP contribution in [0.1, 0.15) is 38.7 Å². The quantitative estimate of drug-likeness (QED) is 0.823. The first-order valence-electron chi connectivity index (χ1n) is 6.55. The van der Waals surface area contributed by atoms with Crippen molar-refractivity contribution in [3.63, 3.8) is 0 Å². The van der Waals surface area contributed by atoms with Crippen molar-refractivity contribution in [3.8, 4) is 0 Å². The molecule has 0 radical (unpaired) electrons. The van der Waals surface area contributed by atoms with Crippen molar-refractivity contribution in [3.05, 3.63) is 35.6 Å². The van der Waals surface area contributed by atoms with Crippen LogP contribution in [0, 0.1) is 11.2 Å². The van der Waals surface area contributed by atoms with Gasteiger partial charge in [0.1, 0.15) is 5.82 Å². The van der Waals surface area contributed by atoms with Crippen LogP contribution in [0.5, 0.6) is 0 Å². The van der Waals surface area contributed by atoms with Gasteiger partial charge in [0.25, 0.3) is 0 Å². The molecular formula is C15H22FN. The highest BCUT2D eigenvalue weighted by Gasteiger charge is 2.31. The Kier molecular flexibility index (Phi) is 3.82. The molecule has 1 unspecified atom stereocenters. The minimum Gasteiger partial charge on any atom is -0.313 e. The van der Waals surface area contributed by atoms with E-state index in [1.54, 1.807) is 0 Å². The van der Waals surface area contributed by atoms with E-state index in [2.05, 4.69) is 19.2 Å². The van der Waals surface area contributed by atoms with Gasteiger partial charge >= 0.3 is 0 Å². The summed E-state index contributed by atoms with van der Waals surface area (Å²) in [5, 5.41) is 3.59. The average molecular weight is 235 g/mol. The number of rotatable bonds is 5. The first-order chi connectivity index (χ1) is 8.07. The van der Waals surface area contributed by atoms with Gasteiger partial charge in [-0.25, -0.2) is 4.39 Å². The molecule has 2 rings (SSSR count). The van der Waals surface area contributed by atoms with Crippen LogP contribution in [0.15, 0.2) is 24.3 Å². The molecule has 0 bridgehead atoms. The Labute approximate surface area is 103 Å². The number of nitrogens with one attached hydrogen (secondary N) is 1. The van der Waals surface area contributed by atoms with Gasteiger partial charge in [-0.3, -0.25) is 0 Å². The molecule has 1 saturated carbocycles. The van der Waals surface area contributed by atoms with Crippen molar-refractivity contribution in [2.24, 2.45) is 5.41 Å². The molecular weight excluding hydrogens is 213 g/mol. The molecule has 2 heteroatoms. The maximum Gasteiger partial charge on any atom is 0.123 e. The fourth-order valence-electron chi connectivity index (χ4n) is 2.42. The standard InChI is InChI=1S/C15H22FN/c1-12(17-11-15(2)8-3-9-15)10-13-4-6-14(16)7-5-13/h4-7,12,17H,3,8-11H2,1-2H3. The smallest absolute Gasteiger partial charge is 0.123 e. The molecule has 94 valence electrons. The Morgan fingerprint density at radius 3 is 2.47 bits per heavy atom. The zero-order valence-corrected chi connectivity index (χ0v) is 10.8. The second kappa shape index (κ2) is 5.18. The van der Waals surface area contributed by atoms with Gasteiger partial charge < -0.3 is 5.32 Å². The first-order valence-corrected chi connectivity index (χ1v) is 6.55. The fourth-order valence-corrected chi connectivity index (χ4v) is 2.42. The SMILES string of the molecule is CC(Cc1ccc(F)cc1)NCC1(C)CCC1. The molecule has 1 aromatic rings. The molecule has 0 amide bonds. The predicted molar refractivity (Wildman–Crippen MR) is 69.5 cm³/mol. The monoisotopic (exact) mass is 235 g/mol. The van der Waals surface area contributed by atoms with Gasteiger partial charge in [0.2, 0.25) is 0 Å². The van der Waals surface area contributed by atoms with Crippen molar-refractivity contribution in [2.45, 2.75) is 45.6 Å². The predicted octanol–water partition coefficient (Wildman–Crippen LogP) is 3.54. The van der Waals surface area contributed by atoms with Crippen molar-refractivity contribution >= 4 is 0 Å². The van der Waals surface area contributed by atoms with E-state index in [-0.39, 0.29) is 5.82 Å². The van der Waals surface area contributed by atoms with E-state index < -0.39 is 0 Å². The van der Waals surface area contributed by atoms with Crippen molar-refractivity contribution in [1.82, 2.24) is 5.32 Å². The van der Waals surface area contributed by atoms with Gasteiger partial charge in [0.05, 0.1) is 0 Å². The van der Waals surface area contributed by atoms with Gasteiger partial charge in [0, 0.05) is 12.6 Å². The molecule has 0 aliphatic heterocycles. The molecule has 0 heterocycles. The molecule has 0 spiro atoms. The molecule has 1 N–H and O–H groups in total. The maximum absolute atomic E-state index is 12.8. The Morgan fingerprint density at radius 2 is 1.94 bits per heavy atom. The zero-order chi connectivity index (χ0) is 12.3. The maximum atomic E-state index is 12.8. The third-order valence-corrected chi connectivity index (χ3v) is 3.89. The van der Waals surface area contributed by atoms with Crippen LogP contribution in [0.25, 0.3) is 0 Å². The van der Waals surface area contributed by atoms with E-state index in [1.165, 1.54) is 37.0 Å². The van der Waals surface area contributed by atoms with Gasteiger partial charge in [-0.15, -0.1) is 0 Å². The summed E-state index contributed by atoms with van der Waals surface area (Å²) in [6.07, 6.45) is 5.05. The van der Waals surface area contributed by atoms with Crippen LogP contribution in [-0.2, 0) is 6.42 Å². The van der Waals surface area contributed by atoms with E-state index in [0.29, 0.717) is 11.5 Å². The van der Waals surface area contributed by atoms with Gasteiger partial charge in [-0.1, -0.05) is 25.5 Å². The largest absolute Gasteiger partial charge is 0.313 e. The van der Waals surface area contributed by atoms with Crippen LogP contribution in [0.2, 0.25) is 0 Å². The lowest BCUT2D eigenvalue weighted by Gasteiger charge is -2.39. The van der Waals surface area contributed by atoms with Gasteiger partial charge in [-0.05, 0) is 49.3 Å². The van der Waals surface area contributed by atoms with E-state index in [4.69, 9.17) is 0 Å². The highest BCUT2D eigenvalue weighted by molar-refractivity contribution is 5.17. The van der Waals surface area contributed by atoms with Crippen LogP contribution in [0.3, 0.4) is 0 Å². The molecule has 1 aliphatic rings. The molecule has 1 aliphatic carbocycles. The first kappa shape index (κ1) is 12.6. The molecule has 1 atom stereocenters. The molecule has 0 aromatic heterocycles. The minimum atomic E-state index is -0.156. The third kappa shape index (κ3) is 3.53. The molecule has 17 heavy (non-hydrogen) atoms. The Morgan fingerprint density at radius 1 is 1.29 bits per heavy atom. The minimum absolute atomic E-state index is 0.156. The molecule has 1 aromatic carbocycles. The highest BCUT2D eigenvalue weighted by atomic mass is 19.1. The van der Waals surface area contributed by atoms with Crippen LogP contribution in [-0.4, -0.2) is 12.6 Å². The second-order valence-electron chi connectivity index (χ2n) is 5.78. The Bertz CT molecular complexity index is 354. The lowest BCUT2D eigenvalue weighted by molar-refractivity contribution is 0.152. The fraction of sp³-hybridized carbons (Fsp3) is 0.600. The Balaban J connectivity index is 1.76. The van der Waals surface area contributed by atoms with Crippen LogP contribution >= 0.6 is 0 Å². The summed E-state index contributed by atoms with van der Waals surface area (Å²) in [6, 6.07) is 7.28. The van der Waals surface area contributed by atoms with Gasteiger partial charge in [0.15, 0.2) is 0 Å². The normalized spacial score (nSPS) is 19.7. The molecule has 1 nitrogen and oxygen atoms in total. The summed E-state index contributed by atoms with van der Waals surface area (Å²) >= 11 is 0. The average Bonchev–Trinajstić information content (AvgIpc) is 2.27. The third-order valence-electron chi connectivity index (χ3n) is 3.89. The van der Waals surface area contributed by atoms with Gasteiger partial charge in [-0.2, -0.15) is 0 Å². The summed E-state index contributed by atoms with van der Waals surface area (Å²) < 4.78 is 12.8. The van der Waals surface area contributed by atoms with Crippen molar-refractivity contribution in [2.75, 3.05) is 6.54 Å². The molecule has 0 saturated heterocycles.